The van der Waals surface area contributed by atoms with Crippen molar-refractivity contribution in [3.63, 3.8) is 0 Å². The summed E-state index contributed by atoms with van der Waals surface area (Å²) in [5, 5.41) is 10.6. The summed E-state index contributed by atoms with van der Waals surface area (Å²) in [4.78, 5) is 26.3. The number of non-ortho nitro benzene ring substituents is 1. The highest BCUT2D eigenvalue weighted by molar-refractivity contribution is 7.99. The number of hydrogen-bond acceptors (Lipinski definition) is 5. The molecule has 0 spiro atoms. The van der Waals surface area contributed by atoms with E-state index in [1.807, 2.05) is 0 Å². The third-order valence-corrected chi connectivity index (χ3v) is 4.45. The van der Waals surface area contributed by atoms with Gasteiger partial charge in [0.05, 0.1) is 15.5 Å². The van der Waals surface area contributed by atoms with Gasteiger partial charge in [-0.25, -0.2) is 0 Å². The molecule has 20 heavy (non-hydrogen) atoms. The average molecular weight is 307 g/mol. The molecule has 102 valence electrons. The Morgan fingerprint density at radius 1 is 1.35 bits per heavy atom. The predicted octanol–water partition coefficient (Wildman–Crippen LogP) is 2.45. The van der Waals surface area contributed by atoms with Gasteiger partial charge in [-0.05, 0) is 30.8 Å². The number of nitrogens with zero attached hydrogens (tertiary/aromatic N) is 2. The highest BCUT2D eigenvalue weighted by Gasteiger charge is 2.19. The number of aryl methyl sites for hydroxylation is 1. The van der Waals surface area contributed by atoms with Crippen molar-refractivity contribution in [2.45, 2.75) is 11.3 Å². The van der Waals surface area contributed by atoms with Crippen LogP contribution in [0.5, 0.6) is 0 Å². The second kappa shape index (κ2) is 4.88. The van der Waals surface area contributed by atoms with Gasteiger partial charge >= 0.3 is 0 Å². The Hall–Kier alpha value is -1.93. The molecule has 0 radical (unpaired) electrons. The number of aromatic amines is 1. The van der Waals surface area contributed by atoms with E-state index < -0.39 is 4.92 Å². The molecule has 0 unspecified atom stereocenters. The quantitative estimate of drug-likeness (QED) is 0.523. The number of nitro benzene ring substituents is 1. The highest BCUT2D eigenvalue weighted by atomic mass is 32.2. The molecule has 0 aliphatic carbocycles. The van der Waals surface area contributed by atoms with Crippen molar-refractivity contribution in [1.29, 1.82) is 0 Å². The summed E-state index contributed by atoms with van der Waals surface area (Å²) in [6, 6.07) is 5.76. The van der Waals surface area contributed by atoms with Crippen molar-refractivity contribution < 1.29 is 4.92 Å². The summed E-state index contributed by atoms with van der Waals surface area (Å²) in [7, 11) is 0. The Bertz CT molecular complexity index is 808. The second-order valence-electron chi connectivity index (χ2n) is 4.25. The average Bonchev–Trinajstić information content (AvgIpc) is 2.87. The maximum absolute atomic E-state index is 12.4. The molecule has 2 heterocycles. The van der Waals surface area contributed by atoms with Crippen LogP contribution in [0.15, 0.2) is 34.0 Å². The van der Waals surface area contributed by atoms with E-state index in [0.29, 0.717) is 15.4 Å². The van der Waals surface area contributed by atoms with Crippen LogP contribution in [-0.2, 0) is 6.42 Å². The molecule has 1 aliphatic rings. The first-order valence-electron chi connectivity index (χ1n) is 5.84. The SMILES string of the molecule is O=c1c2c([nH]c(=S)n1-c1ccc([N+](=O)[O-])cc1)CCS2. The molecule has 1 aliphatic heterocycles. The Kier molecular flexibility index (Phi) is 3.19. The number of nitrogens with one attached hydrogen (secondary N) is 1. The van der Waals surface area contributed by atoms with Crippen LogP contribution < -0.4 is 5.56 Å². The first kappa shape index (κ1) is 13.1. The van der Waals surface area contributed by atoms with Crippen LogP contribution >= 0.6 is 24.0 Å². The van der Waals surface area contributed by atoms with E-state index in [1.54, 1.807) is 0 Å². The summed E-state index contributed by atoms with van der Waals surface area (Å²) in [6.45, 7) is 0. The monoisotopic (exact) mass is 307 g/mol. The van der Waals surface area contributed by atoms with Gasteiger partial charge in [0.1, 0.15) is 0 Å². The molecule has 0 saturated carbocycles. The summed E-state index contributed by atoms with van der Waals surface area (Å²) >= 11 is 6.71. The number of hydrogen-bond donors (Lipinski definition) is 1. The van der Waals surface area contributed by atoms with E-state index in [1.165, 1.54) is 40.6 Å². The Morgan fingerprint density at radius 3 is 2.70 bits per heavy atom. The number of H-pyrrole nitrogens is 1. The number of rotatable bonds is 2. The van der Waals surface area contributed by atoms with E-state index in [0.717, 1.165) is 17.9 Å². The van der Waals surface area contributed by atoms with Crippen LogP contribution in [-0.4, -0.2) is 20.2 Å². The van der Waals surface area contributed by atoms with E-state index in [9.17, 15) is 14.9 Å². The van der Waals surface area contributed by atoms with Crippen LogP contribution in [0.25, 0.3) is 5.69 Å². The molecule has 0 amide bonds. The number of benzene rings is 1. The first-order chi connectivity index (χ1) is 9.58. The van der Waals surface area contributed by atoms with Crippen LogP contribution in [0.1, 0.15) is 5.69 Å². The third-order valence-electron chi connectivity index (χ3n) is 3.05. The largest absolute Gasteiger partial charge is 0.334 e. The zero-order valence-corrected chi connectivity index (χ0v) is 11.8. The molecule has 6 nitrogen and oxygen atoms in total. The van der Waals surface area contributed by atoms with Gasteiger partial charge in [-0.2, -0.15) is 0 Å². The van der Waals surface area contributed by atoms with E-state index in [2.05, 4.69) is 4.98 Å². The maximum atomic E-state index is 12.4. The molecule has 1 aromatic heterocycles. The zero-order chi connectivity index (χ0) is 14.3. The smallest absolute Gasteiger partial charge is 0.272 e. The number of nitro groups is 1. The van der Waals surface area contributed by atoms with Crippen LogP contribution in [0, 0.1) is 14.9 Å². The molecular formula is C12H9N3O3S2. The van der Waals surface area contributed by atoms with Gasteiger partial charge in [0.15, 0.2) is 4.77 Å². The predicted molar refractivity (Wildman–Crippen MR) is 78.3 cm³/mol. The fourth-order valence-electron chi connectivity index (χ4n) is 2.10. The third kappa shape index (κ3) is 2.06. The van der Waals surface area contributed by atoms with Gasteiger partial charge in [-0.3, -0.25) is 19.5 Å². The van der Waals surface area contributed by atoms with Crippen molar-refractivity contribution in [3.8, 4) is 5.69 Å². The van der Waals surface area contributed by atoms with Crippen LogP contribution in [0.3, 0.4) is 0 Å². The lowest BCUT2D eigenvalue weighted by Crippen LogP contribution is -2.22. The van der Waals surface area contributed by atoms with Crippen LogP contribution in [0.4, 0.5) is 5.69 Å². The second-order valence-corrected chi connectivity index (χ2v) is 5.74. The summed E-state index contributed by atoms with van der Waals surface area (Å²) in [6.07, 6.45) is 0.806. The zero-order valence-electron chi connectivity index (χ0n) is 10.2. The number of thioether (sulfide) groups is 1. The molecule has 1 aromatic carbocycles. The summed E-state index contributed by atoms with van der Waals surface area (Å²) in [5.74, 6) is 0.861. The first-order valence-corrected chi connectivity index (χ1v) is 7.23. The van der Waals surface area contributed by atoms with E-state index in [-0.39, 0.29) is 11.2 Å². The Balaban J connectivity index is 2.18. The minimum Gasteiger partial charge on any atom is -0.334 e. The van der Waals surface area contributed by atoms with Crippen LogP contribution in [0.2, 0.25) is 0 Å². The van der Waals surface area contributed by atoms with Gasteiger partial charge in [0.2, 0.25) is 0 Å². The molecule has 0 fully saturated rings. The highest BCUT2D eigenvalue weighted by Crippen LogP contribution is 2.26. The molecule has 8 heteroatoms. The van der Waals surface area contributed by atoms with Gasteiger partial charge in [-0.15, -0.1) is 11.8 Å². The molecular weight excluding hydrogens is 298 g/mol. The van der Waals surface area contributed by atoms with Gasteiger partial charge in [0, 0.05) is 23.6 Å². The van der Waals surface area contributed by atoms with Crippen molar-refractivity contribution in [2.24, 2.45) is 0 Å². The Morgan fingerprint density at radius 2 is 2.05 bits per heavy atom. The molecule has 2 aromatic rings. The Labute approximate surface area is 122 Å². The van der Waals surface area contributed by atoms with E-state index >= 15 is 0 Å². The molecule has 0 bridgehead atoms. The summed E-state index contributed by atoms with van der Waals surface area (Å²) < 4.78 is 1.68. The summed E-state index contributed by atoms with van der Waals surface area (Å²) in [5.41, 5.74) is 1.22. The van der Waals surface area contributed by atoms with Crippen molar-refractivity contribution >= 4 is 29.7 Å². The topological polar surface area (TPSA) is 80.9 Å². The maximum Gasteiger partial charge on any atom is 0.272 e. The molecule has 3 rings (SSSR count). The fraction of sp³-hybridized carbons (Fsp3) is 0.167. The number of fused-ring (bicyclic) bond motifs is 1. The molecule has 0 atom stereocenters. The molecule has 0 saturated heterocycles. The molecule has 1 N–H and O–H groups in total. The normalized spacial score (nSPS) is 13.2. The van der Waals surface area contributed by atoms with Gasteiger partial charge in [-0.1, -0.05) is 0 Å². The van der Waals surface area contributed by atoms with Crippen molar-refractivity contribution in [2.75, 3.05) is 5.75 Å². The fourth-order valence-corrected chi connectivity index (χ4v) is 3.47. The lowest BCUT2D eigenvalue weighted by Gasteiger charge is -2.08. The minimum absolute atomic E-state index is 0.0211. The lowest BCUT2D eigenvalue weighted by molar-refractivity contribution is -0.384. The lowest BCUT2D eigenvalue weighted by atomic mass is 10.2. The van der Waals surface area contributed by atoms with E-state index in [4.69, 9.17) is 12.2 Å². The minimum atomic E-state index is -0.480. The van der Waals surface area contributed by atoms with Crippen molar-refractivity contribution in [3.05, 3.63) is 55.2 Å². The van der Waals surface area contributed by atoms with Gasteiger partial charge < -0.3 is 4.98 Å². The standard InChI is InChI=1S/C12H9N3O3S2/c16-11-10-9(5-6-20-10)13-12(19)14(11)7-1-3-8(4-2-7)15(17)18/h1-4H,5-6H2,(H,13,19). The van der Waals surface area contributed by atoms with Crippen molar-refractivity contribution in [1.82, 2.24) is 9.55 Å². The van der Waals surface area contributed by atoms with Gasteiger partial charge in [0.25, 0.3) is 11.2 Å². The number of aromatic nitrogens is 2.